The predicted octanol–water partition coefficient (Wildman–Crippen LogP) is 5.95. The van der Waals surface area contributed by atoms with Gasteiger partial charge in [0, 0.05) is 6.42 Å². The molecular formula is C22H28NO3. The first-order valence-electron chi connectivity index (χ1n) is 8.85. The molecule has 0 aliphatic rings. The molecule has 1 radical (unpaired) electrons. The molecule has 0 aliphatic carbocycles. The Balaban J connectivity index is 3.89. The van der Waals surface area contributed by atoms with Crippen LogP contribution in [0.4, 0.5) is 0 Å². The molecule has 0 unspecified atom stereocenters. The molecule has 0 fully saturated rings. The van der Waals surface area contributed by atoms with Gasteiger partial charge in [-0.15, -0.1) is 0 Å². The zero-order valence-electron chi connectivity index (χ0n) is 15.4. The van der Waals surface area contributed by atoms with Crippen LogP contribution < -0.4 is 0 Å². The second-order valence-corrected chi connectivity index (χ2v) is 5.29. The summed E-state index contributed by atoms with van der Waals surface area (Å²) in [6.45, 7) is 1.89. The van der Waals surface area contributed by atoms with Gasteiger partial charge in [-0.05, 0) is 31.8 Å². The number of unbranched alkanes of at least 4 members (excludes halogenated alkanes) is 1. The lowest BCUT2D eigenvalue weighted by atomic mass is 10.2. The fourth-order valence-electron chi connectivity index (χ4n) is 1.85. The molecular weight excluding hydrogens is 326 g/mol. The lowest BCUT2D eigenvalue weighted by molar-refractivity contribution is -0.427. The van der Waals surface area contributed by atoms with Gasteiger partial charge in [0.1, 0.15) is 0 Å². The third-order valence-corrected chi connectivity index (χ3v) is 3.12. The molecule has 0 saturated heterocycles. The summed E-state index contributed by atoms with van der Waals surface area (Å²) in [7, 11) is 0. The summed E-state index contributed by atoms with van der Waals surface area (Å²) < 4.78 is 0. The lowest BCUT2D eigenvalue weighted by Gasteiger charge is -1.92. The van der Waals surface area contributed by atoms with Gasteiger partial charge in [-0.2, -0.15) is 0 Å². The Labute approximate surface area is 156 Å². The highest BCUT2D eigenvalue weighted by Crippen LogP contribution is 2.05. The van der Waals surface area contributed by atoms with Crippen LogP contribution in [0.5, 0.6) is 0 Å². The number of hydrogen-bond donors (Lipinski definition) is 0. The number of allylic oxidation sites excluding steroid dienone is 13. The normalized spacial score (nSPS) is 13.5. The summed E-state index contributed by atoms with van der Waals surface area (Å²) in [5.41, 5.74) is 0.251. The predicted molar refractivity (Wildman–Crippen MR) is 109 cm³/mol. The molecule has 0 spiro atoms. The number of carbonyl (C=O) groups excluding carboxylic acids is 1. The van der Waals surface area contributed by atoms with Gasteiger partial charge in [0.25, 0.3) is 0 Å². The Morgan fingerprint density at radius 1 is 0.885 bits per heavy atom. The smallest absolute Gasteiger partial charge is 0.246 e. The second-order valence-electron chi connectivity index (χ2n) is 5.29. The van der Waals surface area contributed by atoms with Crippen molar-refractivity contribution in [1.82, 2.24) is 0 Å². The highest BCUT2D eigenvalue weighted by Gasteiger charge is 2.05. The van der Waals surface area contributed by atoms with Gasteiger partial charge in [-0.3, -0.25) is 14.9 Å². The van der Waals surface area contributed by atoms with E-state index in [1.54, 1.807) is 6.08 Å². The van der Waals surface area contributed by atoms with Gasteiger partial charge in [0.05, 0.1) is 11.3 Å². The van der Waals surface area contributed by atoms with Gasteiger partial charge in [0.15, 0.2) is 6.29 Å². The first-order valence-corrected chi connectivity index (χ1v) is 8.85. The quantitative estimate of drug-likeness (QED) is 0.127. The van der Waals surface area contributed by atoms with E-state index in [0.717, 1.165) is 19.3 Å². The molecule has 139 valence electrons. The van der Waals surface area contributed by atoms with E-state index in [2.05, 4.69) is 0 Å². The van der Waals surface area contributed by atoms with Crippen LogP contribution in [0, 0.1) is 10.1 Å². The molecule has 4 heteroatoms. The topological polar surface area (TPSA) is 60.2 Å². The standard InChI is InChI=1S/C22H28NO3/c1-2-19-22(23(25)26)20-17-15-13-11-9-7-5-3-4-6-8-10-12-14-16-18-21-24/h3-9,11-12,14-15,17,19H,2,10,13,16,18,20H2,1H3/b4-3+,7-5+,8-6+,11-9+,14-12+,17-15+,22-19-. The minimum absolute atomic E-state index is 0.251. The average Bonchev–Trinajstić information content (AvgIpc) is 2.63. The molecule has 4 nitrogen and oxygen atoms in total. The van der Waals surface area contributed by atoms with Gasteiger partial charge >= 0.3 is 0 Å². The van der Waals surface area contributed by atoms with Crippen molar-refractivity contribution in [2.24, 2.45) is 0 Å². The minimum atomic E-state index is -0.323. The van der Waals surface area contributed by atoms with E-state index in [0.29, 0.717) is 19.3 Å². The van der Waals surface area contributed by atoms with Gasteiger partial charge < -0.3 is 0 Å². The monoisotopic (exact) mass is 354 g/mol. The molecule has 0 aromatic heterocycles. The molecule has 0 atom stereocenters. The van der Waals surface area contributed by atoms with Gasteiger partial charge in [-0.1, -0.05) is 79.8 Å². The number of nitrogens with zero attached hydrogens (tertiary/aromatic N) is 1. The number of hydrogen-bond acceptors (Lipinski definition) is 3. The summed E-state index contributed by atoms with van der Waals surface area (Å²) in [4.78, 5) is 20.4. The highest BCUT2D eigenvalue weighted by molar-refractivity contribution is 5.50. The van der Waals surface area contributed by atoms with Crippen molar-refractivity contribution in [1.29, 1.82) is 0 Å². The first-order chi connectivity index (χ1) is 12.7. The zero-order chi connectivity index (χ0) is 19.3. The number of nitro groups is 1. The van der Waals surface area contributed by atoms with Crippen molar-refractivity contribution in [3.05, 3.63) is 94.8 Å². The molecule has 0 aromatic rings. The molecule has 0 bridgehead atoms. The second kappa shape index (κ2) is 18.6. The molecule has 0 aliphatic heterocycles. The van der Waals surface area contributed by atoms with Crippen LogP contribution >= 0.6 is 0 Å². The molecule has 0 heterocycles. The van der Waals surface area contributed by atoms with Gasteiger partial charge in [0.2, 0.25) is 5.70 Å². The summed E-state index contributed by atoms with van der Waals surface area (Å²) >= 11 is 0. The number of rotatable bonds is 14. The molecule has 0 amide bonds. The highest BCUT2D eigenvalue weighted by atomic mass is 16.6. The maximum atomic E-state index is 10.7. The fourth-order valence-corrected chi connectivity index (χ4v) is 1.85. The van der Waals surface area contributed by atoms with Crippen LogP contribution in [0.15, 0.2) is 84.7 Å². The summed E-state index contributed by atoms with van der Waals surface area (Å²) in [6.07, 6.45) is 30.9. The van der Waals surface area contributed by atoms with Crippen molar-refractivity contribution in [2.75, 3.05) is 0 Å². The Morgan fingerprint density at radius 3 is 2.00 bits per heavy atom. The first kappa shape index (κ1) is 23.2. The van der Waals surface area contributed by atoms with E-state index in [-0.39, 0.29) is 10.6 Å². The van der Waals surface area contributed by atoms with Crippen molar-refractivity contribution >= 4 is 6.29 Å². The maximum Gasteiger partial charge on any atom is 0.246 e. The molecule has 0 N–H and O–H groups in total. The largest absolute Gasteiger partial charge is 0.291 e. The van der Waals surface area contributed by atoms with Crippen molar-refractivity contribution < 1.29 is 9.72 Å². The van der Waals surface area contributed by atoms with E-state index < -0.39 is 0 Å². The van der Waals surface area contributed by atoms with Crippen LogP contribution in [0.2, 0.25) is 0 Å². The van der Waals surface area contributed by atoms with Crippen molar-refractivity contribution in [2.45, 2.75) is 45.4 Å². The maximum absolute atomic E-state index is 10.7. The van der Waals surface area contributed by atoms with Crippen LogP contribution in [0.1, 0.15) is 45.4 Å². The average molecular weight is 354 g/mol. The van der Waals surface area contributed by atoms with Gasteiger partial charge in [-0.25, -0.2) is 0 Å². The lowest BCUT2D eigenvalue weighted by Crippen LogP contribution is -1.96. The van der Waals surface area contributed by atoms with Crippen LogP contribution in [-0.4, -0.2) is 11.2 Å². The molecule has 26 heavy (non-hydrogen) atoms. The third kappa shape index (κ3) is 16.1. The van der Waals surface area contributed by atoms with Crippen LogP contribution in [0.25, 0.3) is 0 Å². The zero-order valence-corrected chi connectivity index (χ0v) is 15.4. The fraction of sp³-hybridized carbons (Fsp3) is 0.318. The third-order valence-electron chi connectivity index (χ3n) is 3.12. The van der Waals surface area contributed by atoms with Crippen molar-refractivity contribution in [3.8, 4) is 0 Å². The Kier molecular flexibility index (Phi) is 16.6. The summed E-state index contributed by atoms with van der Waals surface area (Å²) in [5.74, 6) is 0. The van der Waals surface area contributed by atoms with E-state index in [1.165, 1.54) is 0 Å². The van der Waals surface area contributed by atoms with Crippen LogP contribution in [-0.2, 0) is 4.79 Å². The van der Waals surface area contributed by atoms with Crippen molar-refractivity contribution in [3.63, 3.8) is 0 Å². The Hall–Kier alpha value is -2.75. The summed E-state index contributed by atoms with van der Waals surface area (Å²) in [5, 5.41) is 10.7. The SMILES string of the molecule is CC/C=C(/C/C=C/C/C=C/C=C/C=C/C=C/C/C=C/CC[C]=O)[N+](=O)[O-]. The Morgan fingerprint density at radius 2 is 1.46 bits per heavy atom. The molecule has 0 aromatic carbocycles. The minimum Gasteiger partial charge on any atom is -0.291 e. The molecule has 0 rings (SSSR count). The van der Waals surface area contributed by atoms with E-state index in [9.17, 15) is 14.9 Å². The van der Waals surface area contributed by atoms with E-state index >= 15 is 0 Å². The van der Waals surface area contributed by atoms with Crippen LogP contribution in [0.3, 0.4) is 0 Å². The van der Waals surface area contributed by atoms with E-state index in [1.807, 2.05) is 86.1 Å². The molecule has 0 saturated carbocycles. The van der Waals surface area contributed by atoms with E-state index in [4.69, 9.17) is 0 Å². The Bertz CT molecular complexity index is 591. The summed E-state index contributed by atoms with van der Waals surface area (Å²) in [6, 6.07) is 0.